The van der Waals surface area contributed by atoms with E-state index < -0.39 is 0 Å². The van der Waals surface area contributed by atoms with Crippen molar-refractivity contribution in [3.8, 4) is 11.3 Å². The van der Waals surface area contributed by atoms with Crippen LogP contribution in [0.3, 0.4) is 0 Å². The van der Waals surface area contributed by atoms with E-state index in [9.17, 15) is 4.39 Å². The van der Waals surface area contributed by atoms with Crippen LogP contribution < -0.4 is 5.32 Å². The van der Waals surface area contributed by atoms with Crippen LogP contribution in [0.5, 0.6) is 0 Å². The normalized spacial score (nSPS) is 16.8. The molecule has 5 nitrogen and oxygen atoms in total. The Bertz CT molecular complexity index is 870. The second-order valence-corrected chi connectivity index (χ2v) is 6.56. The molecule has 1 atom stereocenters. The predicted octanol–water partition coefficient (Wildman–Crippen LogP) is 3.34. The second-order valence-electron chi connectivity index (χ2n) is 6.56. The number of benzene rings is 1. The molecular weight excluding hydrogens is 319 g/mol. The van der Waals surface area contributed by atoms with Crippen LogP contribution >= 0.6 is 0 Å². The van der Waals surface area contributed by atoms with Crippen LogP contribution in [0.1, 0.15) is 23.8 Å². The lowest BCUT2D eigenvalue weighted by Crippen LogP contribution is -2.30. The van der Waals surface area contributed by atoms with Gasteiger partial charge in [0.1, 0.15) is 29.0 Å². The summed E-state index contributed by atoms with van der Waals surface area (Å²) >= 11 is 0. The molecule has 130 valence electrons. The first-order valence-electron chi connectivity index (χ1n) is 8.63. The maximum Gasteiger partial charge on any atom is 0.137 e. The number of hydrogen-bond acceptors (Lipinski definition) is 4. The number of nitrogens with zero attached hydrogens (tertiary/aromatic N) is 3. The Morgan fingerprint density at radius 3 is 3.00 bits per heavy atom. The van der Waals surface area contributed by atoms with E-state index in [-0.39, 0.29) is 5.82 Å². The number of aryl methyl sites for hydroxylation is 2. The molecule has 0 radical (unpaired) electrons. The largest absolute Gasteiger partial charge is 0.460 e. The highest BCUT2D eigenvalue weighted by Gasteiger charge is 2.21. The molecule has 1 N–H and O–H groups in total. The Hall–Kier alpha value is -2.47. The van der Waals surface area contributed by atoms with E-state index in [0.717, 1.165) is 43.3 Å². The summed E-state index contributed by atoms with van der Waals surface area (Å²) in [5, 5.41) is 11.8. The summed E-state index contributed by atoms with van der Waals surface area (Å²) in [6.45, 7) is 4.50. The average molecular weight is 340 g/mol. The third-order valence-corrected chi connectivity index (χ3v) is 4.76. The summed E-state index contributed by atoms with van der Waals surface area (Å²) in [5.41, 5.74) is 0.497. The van der Waals surface area contributed by atoms with E-state index in [1.54, 1.807) is 12.1 Å². The molecule has 1 aromatic carbocycles. The molecule has 0 fully saturated rings. The van der Waals surface area contributed by atoms with E-state index in [4.69, 9.17) is 4.42 Å². The number of rotatable bonds is 5. The van der Waals surface area contributed by atoms with Crippen molar-refractivity contribution in [2.24, 2.45) is 5.92 Å². The average Bonchev–Trinajstić information content (AvgIpc) is 3.23. The van der Waals surface area contributed by atoms with Crippen molar-refractivity contribution in [3.63, 3.8) is 0 Å². The number of nitrogens with one attached hydrogen (secondary N) is 1. The molecule has 2 aromatic heterocycles. The number of hydrogen-bond donors (Lipinski definition) is 1. The molecule has 4 rings (SSSR count). The van der Waals surface area contributed by atoms with E-state index in [2.05, 4.69) is 20.1 Å². The second kappa shape index (κ2) is 6.80. The van der Waals surface area contributed by atoms with Gasteiger partial charge in [0.05, 0.1) is 12.1 Å². The SMILES string of the molecule is Cc1nnc2n1C[C@@H](CNCc1ccc(-c3ccccc3F)o1)CC2. The van der Waals surface area contributed by atoms with Gasteiger partial charge in [0.15, 0.2) is 0 Å². The van der Waals surface area contributed by atoms with Crippen molar-refractivity contribution in [1.82, 2.24) is 20.1 Å². The lowest BCUT2D eigenvalue weighted by molar-refractivity contribution is 0.339. The molecule has 0 saturated heterocycles. The van der Waals surface area contributed by atoms with Crippen LogP contribution in [0.4, 0.5) is 4.39 Å². The monoisotopic (exact) mass is 340 g/mol. The van der Waals surface area contributed by atoms with Gasteiger partial charge in [-0.05, 0) is 43.5 Å². The minimum absolute atomic E-state index is 0.265. The van der Waals surface area contributed by atoms with Gasteiger partial charge >= 0.3 is 0 Å². The Kier molecular flexibility index (Phi) is 4.36. The van der Waals surface area contributed by atoms with Crippen molar-refractivity contribution < 1.29 is 8.81 Å². The fourth-order valence-electron chi connectivity index (χ4n) is 3.37. The van der Waals surface area contributed by atoms with Gasteiger partial charge in [0.2, 0.25) is 0 Å². The topological polar surface area (TPSA) is 55.9 Å². The van der Waals surface area contributed by atoms with Crippen molar-refractivity contribution >= 4 is 0 Å². The fourth-order valence-corrected chi connectivity index (χ4v) is 3.37. The minimum atomic E-state index is -0.265. The van der Waals surface area contributed by atoms with Crippen molar-refractivity contribution in [2.45, 2.75) is 32.9 Å². The van der Waals surface area contributed by atoms with E-state index in [1.165, 1.54) is 6.07 Å². The van der Waals surface area contributed by atoms with Crippen molar-refractivity contribution in [2.75, 3.05) is 6.54 Å². The predicted molar refractivity (Wildman–Crippen MR) is 92.4 cm³/mol. The summed E-state index contributed by atoms with van der Waals surface area (Å²) in [6.07, 6.45) is 2.09. The molecule has 0 aliphatic carbocycles. The minimum Gasteiger partial charge on any atom is -0.460 e. The van der Waals surface area contributed by atoms with Crippen LogP contribution in [-0.4, -0.2) is 21.3 Å². The van der Waals surface area contributed by atoms with Gasteiger partial charge in [0.25, 0.3) is 0 Å². The van der Waals surface area contributed by atoms with Gasteiger partial charge in [0, 0.05) is 19.5 Å². The molecule has 3 aromatic rings. The highest BCUT2D eigenvalue weighted by Crippen LogP contribution is 2.25. The first-order chi connectivity index (χ1) is 12.2. The summed E-state index contributed by atoms with van der Waals surface area (Å²) in [6, 6.07) is 10.4. The molecule has 0 unspecified atom stereocenters. The first-order valence-corrected chi connectivity index (χ1v) is 8.63. The summed E-state index contributed by atoms with van der Waals surface area (Å²) in [5.74, 6) is 3.75. The standard InChI is InChI=1S/C19H21FN4O/c1-13-22-23-19-9-6-14(12-24(13)19)10-21-11-15-7-8-18(25-15)16-4-2-3-5-17(16)20/h2-5,7-8,14,21H,6,9-12H2,1H3/t14-/m1/s1. The molecule has 25 heavy (non-hydrogen) atoms. The summed E-state index contributed by atoms with van der Waals surface area (Å²) < 4.78 is 21.8. The maximum atomic E-state index is 13.8. The van der Waals surface area contributed by atoms with Gasteiger partial charge in [-0.3, -0.25) is 0 Å². The van der Waals surface area contributed by atoms with E-state index in [0.29, 0.717) is 23.8 Å². The molecule has 0 saturated carbocycles. The van der Waals surface area contributed by atoms with E-state index in [1.807, 2.05) is 25.1 Å². The Labute approximate surface area is 145 Å². The number of fused-ring (bicyclic) bond motifs is 1. The molecule has 0 amide bonds. The van der Waals surface area contributed by atoms with Crippen LogP contribution in [-0.2, 0) is 19.5 Å². The lowest BCUT2D eigenvalue weighted by Gasteiger charge is -2.24. The summed E-state index contributed by atoms with van der Waals surface area (Å²) in [7, 11) is 0. The zero-order valence-electron chi connectivity index (χ0n) is 14.2. The van der Waals surface area contributed by atoms with Gasteiger partial charge in [-0.2, -0.15) is 0 Å². The third kappa shape index (κ3) is 3.35. The fraction of sp³-hybridized carbons (Fsp3) is 0.368. The Morgan fingerprint density at radius 2 is 2.12 bits per heavy atom. The summed E-state index contributed by atoms with van der Waals surface area (Å²) in [4.78, 5) is 0. The van der Waals surface area contributed by atoms with Gasteiger partial charge in [-0.1, -0.05) is 12.1 Å². The van der Waals surface area contributed by atoms with Gasteiger partial charge in [-0.25, -0.2) is 4.39 Å². The van der Waals surface area contributed by atoms with Gasteiger partial charge in [-0.15, -0.1) is 10.2 Å². The molecule has 0 spiro atoms. The van der Waals surface area contributed by atoms with Crippen LogP contribution in [0.2, 0.25) is 0 Å². The number of furan rings is 1. The molecule has 0 bridgehead atoms. The Balaban J connectivity index is 1.33. The zero-order valence-corrected chi connectivity index (χ0v) is 14.2. The van der Waals surface area contributed by atoms with Crippen LogP contribution in [0.15, 0.2) is 40.8 Å². The number of halogens is 1. The molecule has 6 heteroatoms. The molecular formula is C19H21FN4O. The highest BCUT2D eigenvalue weighted by molar-refractivity contribution is 5.58. The quantitative estimate of drug-likeness (QED) is 0.774. The molecule has 1 aliphatic heterocycles. The van der Waals surface area contributed by atoms with Crippen LogP contribution in [0, 0.1) is 18.7 Å². The van der Waals surface area contributed by atoms with E-state index >= 15 is 0 Å². The van der Waals surface area contributed by atoms with Crippen molar-refractivity contribution in [1.29, 1.82) is 0 Å². The zero-order chi connectivity index (χ0) is 17.2. The van der Waals surface area contributed by atoms with Crippen LogP contribution in [0.25, 0.3) is 11.3 Å². The highest BCUT2D eigenvalue weighted by atomic mass is 19.1. The maximum absolute atomic E-state index is 13.8. The third-order valence-electron chi connectivity index (χ3n) is 4.76. The Morgan fingerprint density at radius 1 is 1.24 bits per heavy atom. The van der Waals surface area contributed by atoms with Gasteiger partial charge < -0.3 is 14.3 Å². The smallest absolute Gasteiger partial charge is 0.137 e. The molecule has 3 heterocycles. The molecule has 1 aliphatic rings. The number of aromatic nitrogens is 3. The van der Waals surface area contributed by atoms with Crippen molar-refractivity contribution in [3.05, 3.63) is 59.6 Å². The lowest BCUT2D eigenvalue weighted by atomic mass is 9.99. The first kappa shape index (κ1) is 16.0.